The summed E-state index contributed by atoms with van der Waals surface area (Å²) < 4.78 is 1.39. The van der Waals surface area contributed by atoms with Crippen LogP contribution in [0.25, 0.3) is 10.1 Å². The fourth-order valence-electron chi connectivity index (χ4n) is 4.12. The summed E-state index contributed by atoms with van der Waals surface area (Å²) in [5.74, 6) is 1.26. The fourth-order valence-corrected chi connectivity index (χ4v) is 5.06. The standard InChI is InChI=1S/C16H29NO.C9H8S/c1-5-6-7-8-9-14-11-16(3,4)13(2)10-15(14)17-12-18;1-7-6-10-9-5-3-2-4-8(7)9/h7-8,12-15H,5-6,9-11H2,1-4H3,(H,17,18);2-6H,1H3/b8-7-;/t13-,14-,15?;/m1./s1. The average molecular weight is 400 g/mol. The van der Waals surface area contributed by atoms with Crippen LogP contribution in [0.4, 0.5) is 0 Å². The number of unbranched alkanes of at least 4 members (excludes halogenated alkanes) is 1. The van der Waals surface area contributed by atoms with Gasteiger partial charge in [0.05, 0.1) is 0 Å². The number of aryl methyl sites for hydroxylation is 1. The molecule has 1 fully saturated rings. The van der Waals surface area contributed by atoms with Gasteiger partial charge in [-0.2, -0.15) is 0 Å². The highest BCUT2D eigenvalue weighted by atomic mass is 32.1. The molecule has 0 aliphatic heterocycles. The van der Waals surface area contributed by atoms with Gasteiger partial charge in [0.2, 0.25) is 6.41 Å². The maximum Gasteiger partial charge on any atom is 0.207 e. The number of amides is 1. The second-order valence-electron chi connectivity index (χ2n) is 8.89. The molecular weight excluding hydrogens is 362 g/mol. The minimum absolute atomic E-state index is 0.358. The lowest BCUT2D eigenvalue weighted by atomic mass is 9.63. The van der Waals surface area contributed by atoms with E-state index in [9.17, 15) is 4.79 Å². The van der Waals surface area contributed by atoms with Gasteiger partial charge in [-0.15, -0.1) is 11.3 Å². The molecule has 0 spiro atoms. The van der Waals surface area contributed by atoms with Crippen molar-refractivity contribution in [2.45, 2.75) is 72.8 Å². The largest absolute Gasteiger partial charge is 0.356 e. The molecule has 2 aromatic rings. The molecule has 1 saturated carbocycles. The number of rotatable bonds is 6. The Morgan fingerprint density at radius 2 is 2.00 bits per heavy atom. The summed E-state index contributed by atoms with van der Waals surface area (Å²) >= 11 is 1.81. The number of carbonyl (C=O) groups is 1. The lowest BCUT2D eigenvalue weighted by Gasteiger charge is -2.45. The van der Waals surface area contributed by atoms with Crippen LogP contribution in [0.15, 0.2) is 41.8 Å². The summed E-state index contributed by atoms with van der Waals surface area (Å²) in [4.78, 5) is 10.7. The molecule has 28 heavy (non-hydrogen) atoms. The molecule has 1 heterocycles. The number of allylic oxidation sites excluding steroid dienone is 2. The number of fused-ring (bicyclic) bond motifs is 1. The smallest absolute Gasteiger partial charge is 0.207 e. The number of nitrogens with one attached hydrogen (secondary N) is 1. The first-order chi connectivity index (χ1) is 13.4. The van der Waals surface area contributed by atoms with E-state index in [1.54, 1.807) is 0 Å². The number of hydrogen-bond donors (Lipinski definition) is 1. The molecule has 154 valence electrons. The van der Waals surface area contributed by atoms with E-state index in [2.05, 4.69) is 81.7 Å². The first-order valence-corrected chi connectivity index (χ1v) is 11.5. The molecule has 3 rings (SSSR count). The van der Waals surface area contributed by atoms with Gasteiger partial charge in [0.25, 0.3) is 0 Å². The maximum absolute atomic E-state index is 10.7. The van der Waals surface area contributed by atoms with E-state index in [1.165, 1.54) is 28.5 Å². The van der Waals surface area contributed by atoms with Crippen LogP contribution in [-0.4, -0.2) is 12.5 Å². The minimum atomic E-state index is 0.358. The molecule has 1 aromatic carbocycles. The molecule has 3 heteroatoms. The summed E-state index contributed by atoms with van der Waals surface area (Å²) in [6.07, 6.45) is 11.2. The summed E-state index contributed by atoms with van der Waals surface area (Å²) in [6.45, 7) is 11.4. The van der Waals surface area contributed by atoms with E-state index < -0.39 is 0 Å². The van der Waals surface area contributed by atoms with Crippen LogP contribution in [0.2, 0.25) is 0 Å². The Morgan fingerprint density at radius 1 is 1.25 bits per heavy atom. The molecule has 1 unspecified atom stereocenters. The van der Waals surface area contributed by atoms with Crippen molar-refractivity contribution in [3.63, 3.8) is 0 Å². The van der Waals surface area contributed by atoms with Crippen molar-refractivity contribution in [1.82, 2.24) is 5.32 Å². The van der Waals surface area contributed by atoms with Crippen molar-refractivity contribution in [3.05, 3.63) is 47.4 Å². The van der Waals surface area contributed by atoms with Gasteiger partial charge in [0, 0.05) is 10.7 Å². The monoisotopic (exact) mass is 399 g/mol. The van der Waals surface area contributed by atoms with E-state index in [-0.39, 0.29) is 0 Å². The van der Waals surface area contributed by atoms with Gasteiger partial charge in [0.15, 0.2) is 0 Å². The number of hydrogen-bond acceptors (Lipinski definition) is 2. The topological polar surface area (TPSA) is 29.1 Å². The highest BCUT2D eigenvalue weighted by molar-refractivity contribution is 7.17. The third kappa shape index (κ3) is 6.20. The van der Waals surface area contributed by atoms with E-state index in [0.29, 0.717) is 23.3 Å². The zero-order chi connectivity index (χ0) is 20.6. The average Bonchev–Trinajstić information content (AvgIpc) is 3.05. The van der Waals surface area contributed by atoms with Crippen LogP contribution in [0, 0.1) is 24.2 Å². The van der Waals surface area contributed by atoms with Crippen LogP contribution in [-0.2, 0) is 4.79 Å². The lowest BCUT2D eigenvalue weighted by molar-refractivity contribution is -0.111. The Kier molecular flexibility index (Phi) is 8.75. The molecule has 0 radical (unpaired) electrons. The molecule has 3 atom stereocenters. The van der Waals surface area contributed by atoms with Gasteiger partial charge in [0.1, 0.15) is 0 Å². The number of thiophene rings is 1. The summed E-state index contributed by atoms with van der Waals surface area (Å²) in [6, 6.07) is 8.85. The third-order valence-corrected chi connectivity index (χ3v) is 7.40. The molecule has 1 aliphatic rings. The Labute approximate surface area is 175 Å². The number of carbonyl (C=O) groups excluding carboxylic acids is 1. The second kappa shape index (κ2) is 10.8. The van der Waals surface area contributed by atoms with Gasteiger partial charge >= 0.3 is 0 Å². The predicted molar refractivity (Wildman–Crippen MR) is 124 cm³/mol. The van der Waals surface area contributed by atoms with E-state index in [1.807, 2.05) is 11.3 Å². The van der Waals surface area contributed by atoms with Crippen molar-refractivity contribution < 1.29 is 4.79 Å². The third-order valence-electron chi connectivity index (χ3n) is 6.32. The minimum Gasteiger partial charge on any atom is -0.356 e. The second-order valence-corrected chi connectivity index (χ2v) is 9.80. The Bertz CT molecular complexity index is 761. The Morgan fingerprint density at radius 3 is 2.68 bits per heavy atom. The zero-order valence-electron chi connectivity index (χ0n) is 18.2. The van der Waals surface area contributed by atoms with E-state index in [4.69, 9.17) is 0 Å². The lowest BCUT2D eigenvalue weighted by Crippen LogP contribution is -2.46. The molecule has 1 amide bonds. The Balaban J connectivity index is 0.000000233. The summed E-state index contributed by atoms with van der Waals surface area (Å²) in [5, 5.41) is 6.62. The number of benzene rings is 1. The highest BCUT2D eigenvalue weighted by Crippen LogP contribution is 2.44. The van der Waals surface area contributed by atoms with E-state index >= 15 is 0 Å². The van der Waals surface area contributed by atoms with Gasteiger partial charge in [-0.25, -0.2) is 0 Å². The molecule has 1 aliphatic carbocycles. The molecule has 2 nitrogen and oxygen atoms in total. The van der Waals surface area contributed by atoms with Gasteiger partial charge in [-0.05, 0) is 72.3 Å². The van der Waals surface area contributed by atoms with Crippen LogP contribution in [0.3, 0.4) is 0 Å². The maximum atomic E-state index is 10.7. The van der Waals surface area contributed by atoms with Crippen LogP contribution < -0.4 is 5.32 Å². The van der Waals surface area contributed by atoms with Gasteiger partial charge in [-0.3, -0.25) is 4.79 Å². The molecule has 1 aromatic heterocycles. The summed E-state index contributed by atoms with van der Waals surface area (Å²) in [7, 11) is 0. The van der Waals surface area contributed by atoms with Gasteiger partial charge < -0.3 is 5.32 Å². The molecular formula is C25H37NOS. The van der Waals surface area contributed by atoms with Crippen molar-refractivity contribution in [2.75, 3.05) is 0 Å². The first-order valence-electron chi connectivity index (χ1n) is 10.7. The highest BCUT2D eigenvalue weighted by Gasteiger charge is 2.38. The zero-order valence-corrected chi connectivity index (χ0v) is 19.0. The van der Waals surface area contributed by atoms with Crippen LogP contribution in [0.5, 0.6) is 0 Å². The summed E-state index contributed by atoms with van der Waals surface area (Å²) in [5.41, 5.74) is 1.78. The van der Waals surface area contributed by atoms with Crippen molar-refractivity contribution in [3.8, 4) is 0 Å². The molecule has 0 saturated heterocycles. The van der Waals surface area contributed by atoms with Gasteiger partial charge in [-0.1, -0.05) is 64.5 Å². The fraction of sp³-hybridized carbons (Fsp3) is 0.560. The normalized spacial score (nSPS) is 24.0. The first kappa shape index (κ1) is 22.7. The molecule has 1 N–H and O–H groups in total. The van der Waals surface area contributed by atoms with Crippen LogP contribution in [0.1, 0.15) is 65.4 Å². The van der Waals surface area contributed by atoms with Crippen LogP contribution >= 0.6 is 11.3 Å². The van der Waals surface area contributed by atoms with Crippen molar-refractivity contribution >= 4 is 27.8 Å². The van der Waals surface area contributed by atoms with E-state index in [0.717, 1.165) is 25.7 Å². The SMILES string of the molecule is CCC/C=C\C[C@@H]1CC(C)(C)[C@H](C)CC1NC=O.Cc1csc2ccccc12. The quantitative estimate of drug-likeness (QED) is 0.406. The predicted octanol–water partition coefficient (Wildman–Crippen LogP) is 7.13. The Hall–Kier alpha value is -1.61. The molecule has 0 bridgehead atoms. The van der Waals surface area contributed by atoms with Crippen molar-refractivity contribution in [1.29, 1.82) is 0 Å². The van der Waals surface area contributed by atoms with Crippen molar-refractivity contribution in [2.24, 2.45) is 17.3 Å².